The van der Waals surface area contributed by atoms with Crippen LogP contribution in [0.4, 0.5) is 13.2 Å². The quantitative estimate of drug-likeness (QED) is 0.787. The molecule has 0 spiro atoms. The van der Waals surface area contributed by atoms with Gasteiger partial charge in [-0.1, -0.05) is 35.3 Å². The molecule has 0 amide bonds. The smallest absolute Gasteiger partial charge is 0.406 e. The Balaban J connectivity index is 0.00000242. The van der Waals surface area contributed by atoms with E-state index in [1.165, 1.54) is 24.3 Å². The van der Waals surface area contributed by atoms with Crippen LogP contribution in [0.2, 0.25) is 10.0 Å². The highest BCUT2D eigenvalue weighted by Gasteiger charge is 2.31. The van der Waals surface area contributed by atoms with Crippen LogP contribution in [0.1, 0.15) is 17.2 Å². The Morgan fingerprint density at radius 3 is 1.86 bits per heavy atom. The predicted molar refractivity (Wildman–Crippen MR) is 82.9 cm³/mol. The summed E-state index contributed by atoms with van der Waals surface area (Å²) in [6.07, 6.45) is -4.72. The standard InChI is InChI=1S/C14H10Cl2F3NO.ClH/c15-10-5-9(6-11(16)7-10)13(20)8-1-3-12(4-2-8)21-14(17,18)19;/h1-7,13H,20H2;1H/t13-;/m0./s1. The molecule has 0 fully saturated rings. The molecule has 0 bridgehead atoms. The summed E-state index contributed by atoms with van der Waals surface area (Å²) in [4.78, 5) is 0. The largest absolute Gasteiger partial charge is 0.573 e. The number of hydrogen-bond donors (Lipinski definition) is 1. The van der Waals surface area contributed by atoms with E-state index in [9.17, 15) is 13.2 Å². The van der Waals surface area contributed by atoms with Gasteiger partial charge in [0, 0.05) is 10.0 Å². The Morgan fingerprint density at radius 1 is 0.909 bits per heavy atom. The second-order valence-electron chi connectivity index (χ2n) is 4.30. The number of hydrogen-bond acceptors (Lipinski definition) is 2. The van der Waals surface area contributed by atoms with Crippen molar-refractivity contribution in [2.45, 2.75) is 12.4 Å². The first-order valence-corrected chi connectivity index (χ1v) is 6.57. The maximum atomic E-state index is 12.1. The van der Waals surface area contributed by atoms with Gasteiger partial charge in [-0.05, 0) is 41.5 Å². The first kappa shape index (κ1) is 18.9. The van der Waals surface area contributed by atoms with Crippen LogP contribution in [-0.4, -0.2) is 6.36 Å². The molecule has 0 radical (unpaired) electrons. The average Bonchev–Trinajstić information content (AvgIpc) is 2.35. The molecular weight excluding hydrogens is 362 g/mol. The fourth-order valence-corrected chi connectivity index (χ4v) is 2.37. The molecule has 0 aliphatic carbocycles. The fourth-order valence-electron chi connectivity index (χ4n) is 1.82. The van der Waals surface area contributed by atoms with Crippen molar-refractivity contribution in [3.63, 3.8) is 0 Å². The van der Waals surface area contributed by atoms with Crippen molar-refractivity contribution < 1.29 is 17.9 Å². The normalized spacial score (nSPS) is 12.5. The second kappa shape index (κ2) is 7.42. The molecule has 120 valence electrons. The zero-order valence-corrected chi connectivity index (χ0v) is 13.2. The maximum Gasteiger partial charge on any atom is 0.573 e. The molecule has 0 aliphatic heterocycles. The molecule has 2 nitrogen and oxygen atoms in total. The van der Waals surface area contributed by atoms with E-state index in [1.807, 2.05) is 0 Å². The Hall–Kier alpha value is -1.14. The molecule has 2 aromatic rings. The third kappa shape index (κ3) is 5.25. The van der Waals surface area contributed by atoms with Crippen molar-refractivity contribution in [3.8, 4) is 5.75 Å². The summed E-state index contributed by atoms with van der Waals surface area (Å²) in [5.41, 5.74) is 7.33. The van der Waals surface area contributed by atoms with Crippen molar-refractivity contribution in [2.75, 3.05) is 0 Å². The van der Waals surface area contributed by atoms with Gasteiger partial charge < -0.3 is 10.5 Å². The fraction of sp³-hybridized carbons (Fsp3) is 0.143. The molecule has 8 heteroatoms. The van der Waals surface area contributed by atoms with E-state index in [4.69, 9.17) is 28.9 Å². The monoisotopic (exact) mass is 371 g/mol. The summed E-state index contributed by atoms with van der Waals surface area (Å²) in [5, 5.41) is 0.870. The van der Waals surface area contributed by atoms with Crippen molar-refractivity contribution in [1.29, 1.82) is 0 Å². The van der Waals surface area contributed by atoms with Crippen LogP contribution in [0.3, 0.4) is 0 Å². The molecule has 1 atom stereocenters. The molecule has 0 aliphatic rings. The molecule has 0 saturated carbocycles. The van der Waals surface area contributed by atoms with Gasteiger partial charge in [0.15, 0.2) is 0 Å². The first-order chi connectivity index (χ1) is 9.74. The van der Waals surface area contributed by atoms with Crippen LogP contribution in [0.5, 0.6) is 5.75 Å². The van der Waals surface area contributed by atoms with Crippen molar-refractivity contribution in [3.05, 3.63) is 63.6 Å². The second-order valence-corrected chi connectivity index (χ2v) is 5.17. The van der Waals surface area contributed by atoms with Crippen molar-refractivity contribution >= 4 is 35.6 Å². The lowest BCUT2D eigenvalue weighted by atomic mass is 10.00. The van der Waals surface area contributed by atoms with E-state index < -0.39 is 12.4 Å². The van der Waals surface area contributed by atoms with E-state index >= 15 is 0 Å². The highest BCUT2D eigenvalue weighted by molar-refractivity contribution is 6.34. The van der Waals surface area contributed by atoms with Crippen LogP contribution in [0.25, 0.3) is 0 Å². The lowest BCUT2D eigenvalue weighted by Crippen LogP contribution is -2.17. The number of ether oxygens (including phenoxy) is 1. The number of nitrogens with two attached hydrogens (primary N) is 1. The summed E-state index contributed by atoms with van der Waals surface area (Å²) >= 11 is 11.8. The zero-order chi connectivity index (χ0) is 15.6. The van der Waals surface area contributed by atoms with Gasteiger partial charge in [0.1, 0.15) is 5.75 Å². The Bertz CT molecular complexity index is 612. The number of halogens is 6. The average molecular weight is 373 g/mol. The van der Waals surface area contributed by atoms with Gasteiger partial charge in [0.25, 0.3) is 0 Å². The van der Waals surface area contributed by atoms with Gasteiger partial charge in [0.05, 0.1) is 6.04 Å². The Morgan fingerprint density at radius 2 is 1.41 bits per heavy atom. The minimum atomic E-state index is -4.72. The highest BCUT2D eigenvalue weighted by Crippen LogP contribution is 2.28. The van der Waals surface area contributed by atoms with Gasteiger partial charge in [-0.2, -0.15) is 0 Å². The minimum Gasteiger partial charge on any atom is -0.406 e. The van der Waals surface area contributed by atoms with Gasteiger partial charge in [-0.3, -0.25) is 0 Å². The van der Waals surface area contributed by atoms with E-state index in [-0.39, 0.29) is 18.2 Å². The first-order valence-electron chi connectivity index (χ1n) is 5.82. The molecule has 0 saturated heterocycles. The van der Waals surface area contributed by atoms with Crippen molar-refractivity contribution in [2.24, 2.45) is 5.73 Å². The third-order valence-corrected chi connectivity index (χ3v) is 3.15. The molecule has 2 aromatic carbocycles. The lowest BCUT2D eigenvalue weighted by molar-refractivity contribution is -0.274. The number of benzene rings is 2. The summed E-state index contributed by atoms with van der Waals surface area (Å²) in [6, 6.07) is 9.64. The highest BCUT2D eigenvalue weighted by atomic mass is 35.5. The molecule has 2 rings (SSSR count). The summed E-state index contributed by atoms with van der Waals surface area (Å²) < 4.78 is 40.0. The molecular formula is C14H11Cl3F3NO. The van der Waals surface area contributed by atoms with E-state index in [0.29, 0.717) is 21.2 Å². The molecule has 22 heavy (non-hydrogen) atoms. The van der Waals surface area contributed by atoms with Gasteiger partial charge in [-0.15, -0.1) is 25.6 Å². The zero-order valence-electron chi connectivity index (χ0n) is 10.9. The summed E-state index contributed by atoms with van der Waals surface area (Å²) in [6.45, 7) is 0. The molecule has 0 aromatic heterocycles. The Labute approximate surface area is 141 Å². The van der Waals surface area contributed by atoms with Crippen LogP contribution in [-0.2, 0) is 0 Å². The lowest BCUT2D eigenvalue weighted by Gasteiger charge is -2.15. The van der Waals surface area contributed by atoms with Crippen molar-refractivity contribution in [1.82, 2.24) is 0 Å². The molecule has 0 heterocycles. The predicted octanol–water partition coefficient (Wildman–Crippen LogP) is 5.36. The molecule has 0 unspecified atom stereocenters. The van der Waals surface area contributed by atoms with Crippen LogP contribution >= 0.6 is 35.6 Å². The topological polar surface area (TPSA) is 35.2 Å². The van der Waals surface area contributed by atoms with E-state index in [1.54, 1.807) is 18.2 Å². The van der Waals surface area contributed by atoms with Crippen LogP contribution in [0, 0.1) is 0 Å². The summed E-state index contributed by atoms with van der Waals surface area (Å²) in [5.74, 6) is -0.303. The number of alkyl halides is 3. The summed E-state index contributed by atoms with van der Waals surface area (Å²) in [7, 11) is 0. The SMILES string of the molecule is Cl.N[C@@H](c1ccc(OC(F)(F)F)cc1)c1cc(Cl)cc(Cl)c1. The van der Waals surface area contributed by atoms with E-state index in [0.717, 1.165) is 0 Å². The van der Waals surface area contributed by atoms with Crippen LogP contribution < -0.4 is 10.5 Å². The van der Waals surface area contributed by atoms with Gasteiger partial charge >= 0.3 is 6.36 Å². The minimum absolute atomic E-state index is 0. The van der Waals surface area contributed by atoms with Crippen LogP contribution in [0.15, 0.2) is 42.5 Å². The van der Waals surface area contributed by atoms with Gasteiger partial charge in [-0.25, -0.2) is 0 Å². The Kier molecular flexibility index (Phi) is 6.38. The maximum absolute atomic E-state index is 12.1. The van der Waals surface area contributed by atoms with E-state index in [2.05, 4.69) is 4.74 Å². The number of rotatable bonds is 3. The van der Waals surface area contributed by atoms with Gasteiger partial charge in [0.2, 0.25) is 0 Å². The molecule has 2 N–H and O–H groups in total. The third-order valence-electron chi connectivity index (χ3n) is 2.72.